The Bertz CT molecular complexity index is 816. The zero-order valence-corrected chi connectivity index (χ0v) is 16.7. The third-order valence-electron chi connectivity index (χ3n) is 4.85. The summed E-state index contributed by atoms with van der Waals surface area (Å²) in [5, 5.41) is 11.6. The van der Waals surface area contributed by atoms with Gasteiger partial charge in [0.05, 0.1) is 5.39 Å². The second-order valence-electron chi connectivity index (χ2n) is 8.39. The fourth-order valence-electron chi connectivity index (χ4n) is 3.50. The van der Waals surface area contributed by atoms with E-state index >= 15 is 0 Å². The van der Waals surface area contributed by atoms with Gasteiger partial charge in [0.15, 0.2) is 0 Å². The second-order valence-corrected chi connectivity index (χ2v) is 8.39. The standard InChI is InChI=1S/C21H30N3O3/c1-16-13-23(20(25)27-21(2,3)4)10-5-9-22(16)14-17-6-7-19-15-24(26)11-8-18(19)12-17/h6-8,11-12,15-16,26H,5,9-10,13-14H2,1-4H3/q+1/t16-/m0/s1. The number of amides is 1. The number of benzene rings is 1. The summed E-state index contributed by atoms with van der Waals surface area (Å²) in [7, 11) is 0. The lowest BCUT2D eigenvalue weighted by Gasteiger charge is -2.30. The van der Waals surface area contributed by atoms with Crippen molar-refractivity contribution >= 4 is 16.9 Å². The first kappa shape index (κ1) is 19.4. The average Bonchev–Trinajstić information content (AvgIpc) is 2.76. The van der Waals surface area contributed by atoms with Gasteiger partial charge in [-0.15, -0.1) is 0 Å². The van der Waals surface area contributed by atoms with Crippen molar-refractivity contribution in [2.75, 3.05) is 19.6 Å². The summed E-state index contributed by atoms with van der Waals surface area (Å²) in [5.74, 6) is 0. The number of hydrogen-bond donors (Lipinski definition) is 1. The fourth-order valence-corrected chi connectivity index (χ4v) is 3.50. The lowest BCUT2D eigenvalue weighted by Crippen LogP contribution is -2.43. The number of rotatable bonds is 2. The van der Waals surface area contributed by atoms with E-state index in [1.807, 2.05) is 37.8 Å². The van der Waals surface area contributed by atoms with Crippen LogP contribution in [0.1, 0.15) is 39.7 Å². The normalized spacial score (nSPS) is 19.1. The number of nitrogens with zero attached hydrogens (tertiary/aromatic N) is 3. The Hall–Kier alpha value is -2.34. The number of hydrogen-bond acceptors (Lipinski definition) is 4. The van der Waals surface area contributed by atoms with E-state index in [9.17, 15) is 10.0 Å². The van der Waals surface area contributed by atoms with Crippen molar-refractivity contribution in [2.24, 2.45) is 0 Å². The first-order valence-electron chi connectivity index (χ1n) is 9.56. The molecule has 2 heterocycles. The maximum atomic E-state index is 12.4. The molecule has 1 N–H and O–H groups in total. The van der Waals surface area contributed by atoms with Crippen molar-refractivity contribution < 1.29 is 19.5 Å². The summed E-state index contributed by atoms with van der Waals surface area (Å²) in [6, 6.07) is 8.47. The average molecular weight is 372 g/mol. The Morgan fingerprint density at radius 1 is 1.26 bits per heavy atom. The molecule has 1 amide bonds. The highest BCUT2D eigenvalue weighted by atomic mass is 16.6. The van der Waals surface area contributed by atoms with Crippen LogP contribution in [0, 0.1) is 0 Å². The van der Waals surface area contributed by atoms with E-state index < -0.39 is 5.60 Å². The predicted molar refractivity (Wildman–Crippen MR) is 104 cm³/mol. The van der Waals surface area contributed by atoms with E-state index in [0.29, 0.717) is 6.54 Å². The molecule has 6 heteroatoms. The molecule has 0 bridgehead atoms. The number of ether oxygens (including phenoxy) is 1. The van der Waals surface area contributed by atoms with Crippen molar-refractivity contribution in [1.82, 2.24) is 9.80 Å². The minimum absolute atomic E-state index is 0.223. The number of pyridine rings is 1. The van der Waals surface area contributed by atoms with Gasteiger partial charge in [-0.3, -0.25) is 10.1 Å². The highest BCUT2D eigenvalue weighted by Gasteiger charge is 2.28. The van der Waals surface area contributed by atoms with E-state index in [2.05, 4.69) is 24.0 Å². The van der Waals surface area contributed by atoms with Crippen LogP contribution in [-0.2, 0) is 11.3 Å². The van der Waals surface area contributed by atoms with Gasteiger partial charge < -0.3 is 9.64 Å². The van der Waals surface area contributed by atoms with Gasteiger partial charge in [-0.1, -0.05) is 6.07 Å². The van der Waals surface area contributed by atoms with Crippen LogP contribution < -0.4 is 4.73 Å². The Morgan fingerprint density at radius 2 is 2.04 bits per heavy atom. The first-order valence-corrected chi connectivity index (χ1v) is 9.56. The van der Waals surface area contributed by atoms with Crippen LogP contribution in [0.15, 0.2) is 36.7 Å². The molecule has 6 nitrogen and oxygen atoms in total. The van der Waals surface area contributed by atoms with E-state index in [4.69, 9.17) is 4.74 Å². The van der Waals surface area contributed by atoms with Gasteiger partial charge in [0.25, 0.3) is 0 Å². The summed E-state index contributed by atoms with van der Waals surface area (Å²) in [6.07, 6.45) is 4.05. The number of fused-ring (bicyclic) bond motifs is 1. The van der Waals surface area contributed by atoms with E-state index in [1.165, 1.54) is 5.56 Å². The Labute approximate surface area is 160 Å². The molecular formula is C21H30N3O3+. The van der Waals surface area contributed by atoms with E-state index in [-0.39, 0.29) is 12.1 Å². The maximum absolute atomic E-state index is 12.4. The zero-order valence-electron chi connectivity index (χ0n) is 16.7. The number of carbonyl (C=O) groups is 1. The SMILES string of the molecule is C[C@H]1CN(C(=O)OC(C)(C)C)CCCN1Cc1ccc2c[n+](O)ccc2c1. The van der Waals surface area contributed by atoms with Crippen LogP contribution in [0.4, 0.5) is 4.79 Å². The minimum atomic E-state index is -0.468. The molecular weight excluding hydrogens is 342 g/mol. The van der Waals surface area contributed by atoms with Crippen LogP contribution >= 0.6 is 0 Å². The molecule has 1 aromatic carbocycles. The summed E-state index contributed by atoms with van der Waals surface area (Å²) < 4.78 is 6.61. The third kappa shape index (κ3) is 5.10. The third-order valence-corrected chi connectivity index (χ3v) is 4.85. The van der Waals surface area contributed by atoms with Crippen molar-refractivity contribution in [1.29, 1.82) is 0 Å². The largest absolute Gasteiger partial charge is 0.444 e. The highest BCUT2D eigenvalue weighted by molar-refractivity contribution is 5.81. The molecule has 1 saturated heterocycles. The highest BCUT2D eigenvalue weighted by Crippen LogP contribution is 2.19. The van der Waals surface area contributed by atoms with Gasteiger partial charge in [-0.2, -0.15) is 0 Å². The van der Waals surface area contributed by atoms with Crippen LogP contribution in [0.3, 0.4) is 0 Å². The Balaban J connectivity index is 1.67. The molecule has 2 aromatic rings. The minimum Gasteiger partial charge on any atom is -0.444 e. The van der Waals surface area contributed by atoms with Gasteiger partial charge >= 0.3 is 6.09 Å². The van der Waals surface area contributed by atoms with Gasteiger partial charge in [-0.05, 0) is 57.2 Å². The zero-order chi connectivity index (χ0) is 19.6. The van der Waals surface area contributed by atoms with Crippen LogP contribution in [0.2, 0.25) is 0 Å². The summed E-state index contributed by atoms with van der Waals surface area (Å²) >= 11 is 0. The first-order chi connectivity index (χ1) is 12.7. The summed E-state index contributed by atoms with van der Waals surface area (Å²) in [4.78, 5) is 16.7. The molecule has 146 valence electrons. The molecule has 0 radical (unpaired) electrons. The molecule has 0 saturated carbocycles. The molecule has 0 spiro atoms. The second kappa shape index (κ2) is 7.72. The fraction of sp³-hybridized carbons (Fsp3) is 0.524. The van der Waals surface area contributed by atoms with Gasteiger partial charge in [0.2, 0.25) is 12.4 Å². The topological polar surface area (TPSA) is 56.9 Å². The predicted octanol–water partition coefficient (Wildman–Crippen LogP) is 3.20. The summed E-state index contributed by atoms with van der Waals surface area (Å²) in [5.41, 5.74) is 0.764. The maximum Gasteiger partial charge on any atom is 0.410 e. The molecule has 1 aromatic heterocycles. The molecule has 3 rings (SSSR count). The molecule has 27 heavy (non-hydrogen) atoms. The van der Waals surface area contributed by atoms with Crippen LogP contribution in [0.25, 0.3) is 10.8 Å². The molecule has 1 atom stereocenters. The monoisotopic (exact) mass is 372 g/mol. The number of aromatic nitrogens is 1. The van der Waals surface area contributed by atoms with Gasteiger partial charge in [-0.25, -0.2) is 4.79 Å². The smallest absolute Gasteiger partial charge is 0.410 e. The van der Waals surface area contributed by atoms with Gasteiger partial charge in [0, 0.05) is 43.0 Å². The van der Waals surface area contributed by atoms with Crippen molar-refractivity contribution in [3.8, 4) is 0 Å². The lowest BCUT2D eigenvalue weighted by atomic mass is 10.1. The van der Waals surface area contributed by atoms with Crippen LogP contribution in [0.5, 0.6) is 0 Å². The van der Waals surface area contributed by atoms with Gasteiger partial charge in [0.1, 0.15) is 5.60 Å². The molecule has 1 aliphatic heterocycles. The van der Waals surface area contributed by atoms with E-state index in [1.54, 1.807) is 12.4 Å². The van der Waals surface area contributed by atoms with E-state index in [0.717, 1.165) is 41.6 Å². The van der Waals surface area contributed by atoms with Crippen LogP contribution in [-0.4, -0.2) is 52.4 Å². The Morgan fingerprint density at radius 3 is 2.78 bits per heavy atom. The molecule has 0 aliphatic carbocycles. The molecule has 1 aliphatic rings. The quantitative estimate of drug-likeness (QED) is 0.650. The van der Waals surface area contributed by atoms with Crippen molar-refractivity contribution in [2.45, 2.75) is 52.3 Å². The summed E-state index contributed by atoms with van der Waals surface area (Å²) in [6.45, 7) is 11.1. The lowest BCUT2D eigenvalue weighted by molar-refractivity contribution is -0.903. The molecule has 0 unspecified atom stereocenters. The van der Waals surface area contributed by atoms with Crippen molar-refractivity contribution in [3.63, 3.8) is 0 Å². The number of carbonyl (C=O) groups excluding carboxylic acids is 1. The Kier molecular flexibility index (Phi) is 5.56. The van der Waals surface area contributed by atoms with Crippen molar-refractivity contribution in [3.05, 3.63) is 42.2 Å². The molecule has 1 fully saturated rings.